The predicted octanol–water partition coefficient (Wildman–Crippen LogP) is 3.39. The maximum atomic E-state index is 13.2. The van der Waals surface area contributed by atoms with Crippen molar-refractivity contribution in [2.75, 3.05) is 19.5 Å². The summed E-state index contributed by atoms with van der Waals surface area (Å²) in [5.74, 6) is 1.94. The maximum absolute atomic E-state index is 13.2. The van der Waals surface area contributed by atoms with Gasteiger partial charge in [-0.15, -0.1) is 0 Å². The number of aromatic nitrogens is 1. The van der Waals surface area contributed by atoms with Crippen molar-refractivity contribution in [1.82, 2.24) is 4.98 Å². The van der Waals surface area contributed by atoms with Crippen molar-refractivity contribution < 1.29 is 14.3 Å². The fourth-order valence-electron chi connectivity index (χ4n) is 3.55. The van der Waals surface area contributed by atoms with Crippen molar-refractivity contribution in [2.24, 2.45) is 0 Å². The van der Waals surface area contributed by atoms with E-state index in [1.54, 1.807) is 20.4 Å². The van der Waals surface area contributed by atoms with Crippen LogP contribution >= 0.6 is 0 Å². The molecule has 0 fully saturated rings. The van der Waals surface area contributed by atoms with E-state index in [1.807, 2.05) is 60.7 Å². The minimum Gasteiger partial charge on any atom is -0.497 e. The average molecular weight is 346 g/mol. The molecule has 5 nitrogen and oxygen atoms in total. The highest BCUT2D eigenvalue weighted by molar-refractivity contribution is 6.10. The molecule has 1 aliphatic heterocycles. The van der Waals surface area contributed by atoms with Gasteiger partial charge >= 0.3 is 0 Å². The monoisotopic (exact) mass is 346 g/mol. The molecule has 0 saturated carbocycles. The van der Waals surface area contributed by atoms with E-state index >= 15 is 0 Å². The summed E-state index contributed by atoms with van der Waals surface area (Å²) in [7, 11) is 3.24. The molecule has 4 rings (SSSR count). The van der Waals surface area contributed by atoms with Gasteiger partial charge in [0.15, 0.2) is 0 Å². The van der Waals surface area contributed by atoms with Crippen LogP contribution in [0.1, 0.15) is 16.7 Å². The highest BCUT2D eigenvalue weighted by Crippen LogP contribution is 2.47. The van der Waals surface area contributed by atoms with Gasteiger partial charge in [0.05, 0.1) is 14.2 Å². The van der Waals surface area contributed by atoms with Crippen LogP contribution < -0.4 is 14.8 Å². The minimum absolute atomic E-state index is 0.124. The molecule has 0 spiro atoms. The summed E-state index contributed by atoms with van der Waals surface area (Å²) in [6.07, 6.45) is 1.68. The van der Waals surface area contributed by atoms with Crippen molar-refractivity contribution in [3.63, 3.8) is 0 Å². The number of hydrogen-bond donors (Lipinski definition) is 1. The fourth-order valence-corrected chi connectivity index (χ4v) is 3.55. The third-order valence-corrected chi connectivity index (χ3v) is 4.83. The van der Waals surface area contributed by atoms with Gasteiger partial charge in [0, 0.05) is 11.8 Å². The lowest BCUT2D eigenvalue weighted by molar-refractivity contribution is -0.118. The number of nitrogens with one attached hydrogen (secondary N) is 1. The number of hydrogen-bond acceptors (Lipinski definition) is 4. The Morgan fingerprint density at radius 1 is 0.846 bits per heavy atom. The Morgan fingerprint density at radius 2 is 1.38 bits per heavy atom. The molecule has 0 aliphatic carbocycles. The summed E-state index contributed by atoms with van der Waals surface area (Å²) in [5, 5.41) is 2.93. The molecule has 1 aliphatic rings. The molecule has 26 heavy (non-hydrogen) atoms. The summed E-state index contributed by atoms with van der Waals surface area (Å²) in [6, 6.07) is 18.9. The molecular formula is C21H18N2O3. The lowest BCUT2D eigenvalue weighted by Crippen LogP contribution is -2.36. The van der Waals surface area contributed by atoms with Gasteiger partial charge in [-0.3, -0.25) is 4.79 Å². The lowest BCUT2D eigenvalue weighted by Gasteiger charge is -2.29. The first-order valence-corrected chi connectivity index (χ1v) is 8.26. The van der Waals surface area contributed by atoms with Crippen LogP contribution in [0.4, 0.5) is 5.82 Å². The van der Waals surface area contributed by atoms with Crippen LogP contribution in [0.15, 0.2) is 66.9 Å². The van der Waals surface area contributed by atoms with E-state index in [2.05, 4.69) is 10.3 Å². The first kappa shape index (κ1) is 16.1. The second-order valence-corrected chi connectivity index (χ2v) is 6.06. The Bertz CT molecular complexity index is 902. The Hall–Kier alpha value is -3.34. The van der Waals surface area contributed by atoms with Gasteiger partial charge in [0.2, 0.25) is 5.91 Å². The van der Waals surface area contributed by atoms with E-state index in [-0.39, 0.29) is 5.91 Å². The zero-order chi connectivity index (χ0) is 18.1. The van der Waals surface area contributed by atoms with E-state index in [1.165, 1.54) is 0 Å². The van der Waals surface area contributed by atoms with Crippen LogP contribution in [-0.2, 0) is 10.2 Å². The summed E-state index contributed by atoms with van der Waals surface area (Å²) in [6.45, 7) is 0. The Labute approximate surface area is 151 Å². The standard InChI is InChI=1S/C21H18N2O3/c1-25-16-9-5-14(6-10-16)21(15-7-11-17(26-2)12-8-15)18-4-3-13-22-19(18)23-20(21)24/h3-13H,1-2H3,(H,22,23,24). The smallest absolute Gasteiger partial charge is 0.245 e. The first-order valence-electron chi connectivity index (χ1n) is 8.26. The van der Waals surface area contributed by atoms with Crippen LogP contribution in [0.2, 0.25) is 0 Å². The topological polar surface area (TPSA) is 60.5 Å². The van der Waals surface area contributed by atoms with Crippen LogP contribution in [0, 0.1) is 0 Å². The number of anilines is 1. The predicted molar refractivity (Wildman–Crippen MR) is 98.7 cm³/mol. The van der Waals surface area contributed by atoms with Gasteiger partial charge in [-0.1, -0.05) is 30.3 Å². The van der Waals surface area contributed by atoms with Crippen molar-refractivity contribution in [2.45, 2.75) is 5.41 Å². The molecule has 1 aromatic heterocycles. The number of ether oxygens (including phenoxy) is 2. The van der Waals surface area contributed by atoms with Gasteiger partial charge in [0.1, 0.15) is 22.7 Å². The van der Waals surface area contributed by atoms with E-state index in [0.717, 1.165) is 28.2 Å². The first-order chi connectivity index (χ1) is 12.7. The molecule has 0 unspecified atom stereocenters. The highest BCUT2D eigenvalue weighted by Gasteiger charge is 2.50. The van der Waals surface area contributed by atoms with Crippen molar-refractivity contribution in [1.29, 1.82) is 0 Å². The van der Waals surface area contributed by atoms with Crippen LogP contribution in [-0.4, -0.2) is 25.1 Å². The van der Waals surface area contributed by atoms with E-state index < -0.39 is 5.41 Å². The third-order valence-electron chi connectivity index (χ3n) is 4.83. The van der Waals surface area contributed by atoms with Crippen LogP contribution in [0.25, 0.3) is 0 Å². The molecule has 3 aromatic rings. The van der Waals surface area contributed by atoms with E-state index in [0.29, 0.717) is 5.82 Å². The van der Waals surface area contributed by atoms with Gasteiger partial charge in [-0.2, -0.15) is 0 Å². The summed E-state index contributed by atoms with van der Waals surface area (Å²) < 4.78 is 10.5. The number of carbonyl (C=O) groups excluding carboxylic acids is 1. The Morgan fingerprint density at radius 3 is 1.88 bits per heavy atom. The van der Waals surface area contributed by atoms with Crippen LogP contribution in [0.5, 0.6) is 11.5 Å². The molecule has 0 radical (unpaired) electrons. The Balaban J connectivity index is 1.99. The molecule has 5 heteroatoms. The molecule has 2 aromatic carbocycles. The molecule has 0 atom stereocenters. The molecule has 1 N–H and O–H groups in total. The lowest BCUT2D eigenvalue weighted by atomic mass is 9.70. The average Bonchev–Trinajstić information content (AvgIpc) is 3.00. The van der Waals surface area contributed by atoms with Crippen molar-refractivity contribution in [3.05, 3.63) is 83.6 Å². The van der Waals surface area contributed by atoms with Crippen LogP contribution in [0.3, 0.4) is 0 Å². The second kappa shape index (κ2) is 6.19. The number of rotatable bonds is 4. The zero-order valence-corrected chi connectivity index (χ0v) is 14.5. The number of amides is 1. The zero-order valence-electron chi connectivity index (χ0n) is 14.5. The SMILES string of the molecule is COc1ccc(C2(c3ccc(OC)cc3)C(=O)Nc3ncccc32)cc1. The summed E-state index contributed by atoms with van der Waals surface area (Å²) in [5.41, 5.74) is 1.57. The number of pyridine rings is 1. The normalized spacial score (nSPS) is 14.5. The molecule has 0 saturated heterocycles. The van der Waals surface area contributed by atoms with Crippen molar-refractivity contribution in [3.8, 4) is 11.5 Å². The Kier molecular flexibility index (Phi) is 3.84. The minimum atomic E-state index is -0.970. The summed E-state index contributed by atoms with van der Waals surface area (Å²) in [4.78, 5) is 17.6. The number of benzene rings is 2. The van der Waals surface area contributed by atoms with Gasteiger partial charge < -0.3 is 14.8 Å². The largest absolute Gasteiger partial charge is 0.497 e. The van der Waals surface area contributed by atoms with Crippen molar-refractivity contribution >= 4 is 11.7 Å². The fraction of sp³-hybridized carbons (Fsp3) is 0.143. The summed E-state index contributed by atoms with van der Waals surface area (Å²) >= 11 is 0. The molecule has 0 bridgehead atoms. The number of methoxy groups -OCH3 is 2. The van der Waals surface area contributed by atoms with Gasteiger partial charge in [-0.05, 0) is 41.5 Å². The molecule has 1 amide bonds. The van der Waals surface area contributed by atoms with Gasteiger partial charge in [-0.25, -0.2) is 4.98 Å². The second-order valence-electron chi connectivity index (χ2n) is 6.06. The quantitative estimate of drug-likeness (QED) is 0.787. The van der Waals surface area contributed by atoms with E-state index in [9.17, 15) is 4.79 Å². The number of nitrogens with zero attached hydrogens (tertiary/aromatic N) is 1. The highest BCUT2D eigenvalue weighted by atomic mass is 16.5. The number of carbonyl (C=O) groups is 1. The molecule has 2 heterocycles. The number of fused-ring (bicyclic) bond motifs is 1. The molecule has 130 valence electrons. The van der Waals surface area contributed by atoms with Gasteiger partial charge in [0.25, 0.3) is 0 Å². The maximum Gasteiger partial charge on any atom is 0.245 e. The molecular weight excluding hydrogens is 328 g/mol. The third kappa shape index (κ3) is 2.24. The van der Waals surface area contributed by atoms with E-state index in [4.69, 9.17) is 9.47 Å².